The third-order valence-electron chi connectivity index (χ3n) is 5.38. The molecule has 0 fully saturated rings. The molecule has 1 aliphatic rings. The zero-order valence-electron chi connectivity index (χ0n) is 17.1. The van der Waals surface area contributed by atoms with Gasteiger partial charge in [-0.1, -0.05) is 30.3 Å². The quantitative estimate of drug-likeness (QED) is 0.637. The predicted molar refractivity (Wildman–Crippen MR) is 118 cm³/mol. The number of anilines is 4. The van der Waals surface area contributed by atoms with Crippen LogP contribution in [0, 0.1) is 0 Å². The van der Waals surface area contributed by atoms with Gasteiger partial charge in [-0.3, -0.25) is 4.68 Å². The minimum absolute atomic E-state index is 0.0681. The van der Waals surface area contributed by atoms with Crippen molar-refractivity contribution in [3.63, 3.8) is 0 Å². The van der Waals surface area contributed by atoms with Gasteiger partial charge in [-0.25, -0.2) is 0 Å². The van der Waals surface area contributed by atoms with Crippen LogP contribution < -0.4 is 15.1 Å². The van der Waals surface area contributed by atoms with Crippen molar-refractivity contribution in [3.05, 3.63) is 66.9 Å². The van der Waals surface area contributed by atoms with E-state index in [1.54, 1.807) is 0 Å². The largest absolute Gasteiger partial charge is 0.383 e. The molecule has 0 atom stereocenters. The number of fused-ring (bicyclic) bond motifs is 1. The van der Waals surface area contributed by atoms with E-state index in [-0.39, 0.29) is 5.54 Å². The first-order valence-electron chi connectivity index (χ1n) is 9.94. The van der Waals surface area contributed by atoms with Crippen molar-refractivity contribution in [2.45, 2.75) is 39.3 Å². The molecule has 0 unspecified atom stereocenters. The molecule has 0 amide bonds. The average molecular weight is 376 g/mol. The van der Waals surface area contributed by atoms with E-state index in [9.17, 15) is 0 Å². The van der Waals surface area contributed by atoms with Crippen molar-refractivity contribution < 1.29 is 0 Å². The lowest BCUT2D eigenvalue weighted by Gasteiger charge is -2.38. The maximum Gasteiger partial charge on any atom is 0.156 e. The van der Waals surface area contributed by atoms with Gasteiger partial charge in [0.2, 0.25) is 0 Å². The summed E-state index contributed by atoms with van der Waals surface area (Å²) < 4.78 is 2.02. The Kier molecular flexibility index (Phi) is 4.75. The normalized spacial score (nSPS) is 13.9. The van der Waals surface area contributed by atoms with Crippen LogP contribution in [0.1, 0.15) is 33.7 Å². The second-order valence-corrected chi connectivity index (χ2v) is 8.27. The van der Waals surface area contributed by atoms with Gasteiger partial charge in [0.05, 0.1) is 23.6 Å². The van der Waals surface area contributed by atoms with E-state index in [4.69, 9.17) is 5.10 Å². The zero-order chi connectivity index (χ0) is 19.7. The molecule has 1 N–H and O–H groups in total. The Bertz CT molecular complexity index is 929. The summed E-state index contributed by atoms with van der Waals surface area (Å²) in [6, 6.07) is 21.5. The van der Waals surface area contributed by atoms with Crippen LogP contribution >= 0.6 is 0 Å². The summed E-state index contributed by atoms with van der Waals surface area (Å²) in [6.07, 6.45) is 2.06. The van der Waals surface area contributed by atoms with Crippen LogP contribution in [0.5, 0.6) is 0 Å². The molecule has 1 aromatic heterocycles. The highest BCUT2D eigenvalue weighted by molar-refractivity contribution is 5.82. The van der Waals surface area contributed by atoms with Gasteiger partial charge in [-0.15, -0.1) is 0 Å². The predicted octanol–water partition coefficient (Wildman–Crippen LogP) is 5.27. The van der Waals surface area contributed by atoms with Crippen molar-refractivity contribution >= 4 is 22.9 Å². The van der Waals surface area contributed by atoms with E-state index >= 15 is 0 Å². The zero-order valence-corrected chi connectivity index (χ0v) is 17.1. The first-order chi connectivity index (χ1) is 13.5. The average Bonchev–Trinajstić information content (AvgIpc) is 3.32. The standard InChI is InChI=1S/C23H29N5/c1-18(2)28-15-14-22(25-28)26-17-27(21-13-9-8-12-20(21)26)23(3,4)16-24-19-10-6-5-7-11-19/h5-15,18,24H,16-17H2,1-4H3. The van der Waals surface area contributed by atoms with E-state index in [1.807, 2.05) is 10.7 Å². The fourth-order valence-corrected chi connectivity index (χ4v) is 3.66. The molecule has 0 saturated heterocycles. The fourth-order valence-electron chi connectivity index (χ4n) is 3.66. The van der Waals surface area contributed by atoms with Gasteiger partial charge in [-0.2, -0.15) is 5.10 Å². The van der Waals surface area contributed by atoms with Crippen molar-refractivity contribution in [1.82, 2.24) is 9.78 Å². The van der Waals surface area contributed by atoms with Crippen LogP contribution in [0.4, 0.5) is 22.9 Å². The number of para-hydroxylation sites is 3. The number of nitrogens with one attached hydrogen (secondary N) is 1. The van der Waals surface area contributed by atoms with E-state index in [1.165, 1.54) is 11.4 Å². The second-order valence-electron chi connectivity index (χ2n) is 8.27. The summed E-state index contributed by atoms with van der Waals surface area (Å²) >= 11 is 0. The maximum absolute atomic E-state index is 4.80. The molecule has 5 nitrogen and oxygen atoms in total. The molecule has 2 aromatic carbocycles. The number of nitrogens with zero attached hydrogens (tertiary/aromatic N) is 4. The molecule has 4 rings (SSSR count). The van der Waals surface area contributed by atoms with Crippen molar-refractivity contribution in [3.8, 4) is 0 Å². The van der Waals surface area contributed by atoms with Gasteiger partial charge < -0.3 is 15.1 Å². The van der Waals surface area contributed by atoms with Crippen LogP contribution in [-0.4, -0.2) is 28.5 Å². The smallest absolute Gasteiger partial charge is 0.156 e. The summed E-state index contributed by atoms with van der Waals surface area (Å²) in [5.41, 5.74) is 3.54. The molecule has 2 heterocycles. The number of rotatable bonds is 6. The highest BCUT2D eigenvalue weighted by Crippen LogP contribution is 2.43. The van der Waals surface area contributed by atoms with Crippen molar-refractivity contribution in [2.24, 2.45) is 0 Å². The molecule has 0 aliphatic carbocycles. The molecule has 0 radical (unpaired) electrons. The molecule has 3 aromatic rings. The summed E-state index contributed by atoms with van der Waals surface area (Å²) in [5.74, 6) is 0.996. The van der Waals surface area contributed by atoms with Gasteiger partial charge in [0.15, 0.2) is 5.82 Å². The molecule has 0 spiro atoms. The molecular formula is C23H29N5. The topological polar surface area (TPSA) is 36.3 Å². The summed E-state index contributed by atoms with van der Waals surface area (Å²) in [7, 11) is 0. The molecule has 0 bridgehead atoms. The summed E-state index contributed by atoms with van der Waals surface area (Å²) in [4.78, 5) is 4.77. The van der Waals surface area contributed by atoms with Crippen LogP contribution in [-0.2, 0) is 0 Å². The number of benzene rings is 2. The third-order valence-corrected chi connectivity index (χ3v) is 5.38. The number of hydrogen-bond acceptors (Lipinski definition) is 4. The molecule has 1 aliphatic heterocycles. The van der Waals surface area contributed by atoms with Gasteiger partial charge in [0, 0.05) is 30.5 Å². The van der Waals surface area contributed by atoms with Crippen LogP contribution in [0.2, 0.25) is 0 Å². The number of aromatic nitrogens is 2. The number of hydrogen-bond donors (Lipinski definition) is 1. The van der Waals surface area contributed by atoms with E-state index < -0.39 is 0 Å². The van der Waals surface area contributed by atoms with Crippen molar-refractivity contribution in [2.75, 3.05) is 28.3 Å². The summed E-state index contributed by atoms with van der Waals surface area (Å²) in [5, 5.41) is 8.39. The summed E-state index contributed by atoms with van der Waals surface area (Å²) in [6.45, 7) is 10.5. The van der Waals surface area contributed by atoms with Crippen LogP contribution in [0.25, 0.3) is 0 Å². The Morgan fingerprint density at radius 2 is 1.64 bits per heavy atom. The second kappa shape index (κ2) is 7.23. The van der Waals surface area contributed by atoms with Gasteiger partial charge in [0.1, 0.15) is 0 Å². The first-order valence-corrected chi connectivity index (χ1v) is 9.94. The molecule has 28 heavy (non-hydrogen) atoms. The first kappa shape index (κ1) is 18.4. The van der Waals surface area contributed by atoms with Gasteiger partial charge >= 0.3 is 0 Å². The Morgan fingerprint density at radius 1 is 0.964 bits per heavy atom. The van der Waals surface area contributed by atoms with E-state index in [2.05, 4.69) is 104 Å². The Labute approximate surface area is 167 Å². The minimum atomic E-state index is -0.0681. The lowest BCUT2D eigenvalue weighted by Crippen LogP contribution is -2.49. The van der Waals surface area contributed by atoms with Gasteiger partial charge in [-0.05, 0) is 52.0 Å². The monoisotopic (exact) mass is 375 g/mol. The SMILES string of the molecule is CC(C)n1ccc(N2CN(C(C)(C)CNc3ccccc3)c3ccccc32)n1. The van der Waals surface area contributed by atoms with Crippen LogP contribution in [0.3, 0.4) is 0 Å². The molecule has 146 valence electrons. The molecule has 5 heteroatoms. The fraction of sp³-hybridized carbons (Fsp3) is 0.348. The highest BCUT2D eigenvalue weighted by Gasteiger charge is 2.36. The van der Waals surface area contributed by atoms with E-state index in [0.717, 1.165) is 24.7 Å². The minimum Gasteiger partial charge on any atom is -0.383 e. The highest BCUT2D eigenvalue weighted by atomic mass is 15.5. The van der Waals surface area contributed by atoms with Gasteiger partial charge in [0.25, 0.3) is 0 Å². The molecular weight excluding hydrogens is 346 g/mol. The Hall–Kier alpha value is -2.95. The third kappa shape index (κ3) is 3.44. The molecule has 0 saturated carbocycles. The Morgan fingerprint density at radius 3 is 2.32 bits per heavy atom. The van der Waals surface area contributed by atoms with Crippen molar-refractivity contribution in [1.29, 1.82) is 0 Å². The van der Waals surface area contributed by atoms with E-state index in [0.29, 0.717) is 6.04 Å². The lowest BCUT2D eigenvalue weighted by molar-refractivity contribution is 0.493. The van der Waals surface area contributed by atoms with Crippen LogP contribution in [0.15, 0.2) is 66.9 Å². The Balaban J connectivity index is 1.59. The lowest BCUT2D eigenvalue weighted by atomic mass is 10.0. The maximum atomic E-state index is 4.80.